The van der Waals surface area contributed by atoms with E-state index in [4.69, 9.17) is 15.0 Å². The molecule has 0 aliphatic carbocycles. The summed E-state index contributed by atoms with van der Waals surface area (Å²) >= 11 is 3.42. The number of ether oxygens (including phenoxy) is 1. The number of hydrogen-bond acceptors (Lipinski definition) is 5. The van der Waals surface area contributed by atoms with Gasteiger partial charge >= 0.3 is 0 Å². The van der Waals surface area contributed by atoms with Crippen LogP contribution in [0.15, 0.2) is 27.2 Å². The highest BCUT2D eigenvalue weighted by Crippen LogP contribution is 2.28. The van der Waals surface area contributed by atoms with E-state index in [1.54, 1.807) is 0 Å². The zero-order valence-corrected chi connectivity index (χ0v) is 13.3. The third-order valence-electron chi connectivity index (χ3n) is 2.82. The van der Waals surface area contributed by atoms with Crippen molar-refractivity contribution in [2.24, 2.45) is 5.73 Å². The highest BCUT2D eigenvalue weighted by atomic mass is 79.9. The Hall–Kier alpha value is -1.40. The number of nitrogens with zero attached hydrogens (tertiary/aromatic N) is 2. The van der Waals surface area contributed by atoms with Gasteiger partial charge in [0.25, 0.3) is 5.89 Å². The standard InChI is InChI=1S/C14H18BrN3O2/c1-8(2)14-17-13(20-18-14)7-19-12-6-10(15)4-5-11(12)9(3)16/h4-6,8-9H,7,16H2,1-3H3/t9-/m1/s1. The van der Waals surface area contributed by atoms with Crippen molar-refractivity contribution in [2.75, 3.05) is 0 Å². The second kappa shape index (κ2) is 6.37. The van der Waals surface area contributed by atoms with Gasteiger partial charge in [-0.05, 0) is 19.1 Å². The van der Waals surface area contributed by atoms with Gasteiger partial charge in [0.15, 0.2) is 12.4 Å². The Labute approximate surface area is 126 Å². The van der Waals surface area contributed by atoms with Gasteiger partial charge in [0, 0.05) is 22.0 Å². The predicted molar refractivity (Wildman–Crippen MR) is 79.5 cm³/mol. The largest absolute Gasteiger partial charge is 0.483 e. The third kappa shape index (κ3) is 3.58. The lowest BCUT2D eigenvalue weighted by atomic mass is 10.1. The van der Waals surface area contributed by atoms with Crippen molar-refractivity contribution in [3.8, 4) is 5.75 Å². The smallest absolute Gasteiger partial charge is 0.264 e. The van der Waals surface area contributed by atoms with E-state index >= 15 is 0 Å². The molecule has 6 heteroatoms. The van der Waals surface area contributed by atoms with Gasteiger partial charge in [-0.2, -0.15) is 4.98 Å². The van der Waals surface area contributed by atoms with E-state index in [2.05, 4.69) is 26.1 Å². The quantitative estimate of drug-likeness (QED) is 0.901. The molecule has 2 aromatic rings. The molecule has 0 bridgehead atoms. The number of benzene rings is 1. The normalized spacial score (nSPS) is 12.7. The summed E-state index contributed by atoms with van der Waals surface area (Å²) in [5.41, 5.74) is 6.87. The van der Waals surface area contributed by atoms with Crippen molar-refractivity contribution in [1.82, 2.24) is 10.1 Å². The van der Waals surface area contributed by atoms with Crippen LogP contribution in [0.5, 0.6) is 5.75 Å². The molecule has 0 unspecified atom stereocenters. The molecule has 20 heavy (non-hydrogen) atoms. The van der Waals surface area contributed by atoms with E-state index in [0.29, 0.717) is 11.7 Å². The van der Waals surface area contributed by atoms with Crippen molar-refractivity contribution in [3.63, 3.8) is 0 Å². The fourth-order valence-corrected chi connectivity index (χ4v) is 2.05. The number of aromatic nitrogens is 2. The zero-order valence-electron chi connectivity index (χ0n) is 11.8. The molecular weight excluding hydrogens is 322 g/mol. The second-order valence-electron chi connectivity index (χ2n) is 4.96. The van der Waals surface area contributed by atoms with Crippen LogP contribution < -0.4 is 10.5 Å². The number of hydrogen-bond donors (Lipinski definition) is 1. The van der Waals surface area contributed by atoms with Crippen LogP contribution in [0.1, 0.15) is 50.0 Å². The Bertz CT molecular complexity index is 582. The molecule has 5 nitrogen and oxygen atoms in total. The van der Waals surface area contributed by atoms with Crippen LogP contribution in [0.4, 0.5) is 0 Å². The topological polar surface area (TPSA) is 74.2 Å². The Morgan fingerprint density at radius 1 is 1.35 bits per heavy atom. The van der Waals surface area contributed by atoms with Crippen LogP contribution in [-0.2, 0) is 6.61 Å². The Kier molecular flexibility index (Phi) is 4.77. The number of halogens is 1. The van der Waals surface area contributed by atoms with Gasteiger partial charge in [0.05, 0.1) is 0 Å². The molecule has 1 atom stereocenters. The predicted octanol–water partition coefficient (Wildman–Crippen LogP) is 3.55. The first kappa shape index (κ1) is 15.0. The summed E-state index contributed by atoms with van der Waals surface area (Å²) < 4.78 is 11.8. The maximum absolute atomic E-state index is 5.93. The van der Waals surface area contributed by atoms with Gasteiger partial charge in [-0.15, -0.1) is 0 Å². The van der Waals surface area contributed by atoms with Crippen molar-refractivity contribution >= 4 is 15.9 Å². The third-order valence-corrected chi connectivity index (χ3v) is 3.31. The van der Waals surface area contributed by atoms with E-state index in [9.17, 15) is 0 Å². The minimum absolute atomic E-state index is 0.105. The molecule has 1 aromatic heterocycles. The average molecular weight is 340 g/mol. The first-order valence-corrected chi connectivity index (χ1v) is 7.27. The zero-order chi connectivity index (χ0) is 14.7. The van der Waals surface area contributed by atoms with Crippen LogP contribution in [0.2, 0.25) is 0 Å². The molecule has 2 rings (SSSR count). The minimum Gasteiger partial charge on any atom is -0.483 e. The summed E-state index contributed by atoms with van der Waals surface area (Å²) in [4.78, 5) is 4.28. The van der Waals surface area contributed by atoms with Crippen molar-refractivity contribution in [2.45, 2.75) is 39.3 Å². The Balaban J connectivity index is 2.11. The van der Waals surface area contributed by atoms with Crippen LogP contribution >= 0.6 is 15.9 Å². The maximum atomic E-state index is 5.93. The van der Waals surface area contributed by atoms with Crippen molar-refractivity contribution in [1.29, 1.82) is 0 Å². The molecule has 0 aliphatic heterocycles. The molecule has 1 heterocycles. The van der Waals surface area contributed by atoms with Gasteiger partial charge < -0.3 is 15.0 Å². The highest BCUT2D eigenvalue weighted by Gasteiger charge is 2.13. The van der Waals surface area contributed by atoms with Crippen LogP contribution in [0, 0.1) is 0 Å². The number of nitrogens with two attached hydrogens (primary N) is 1. The van der Waals surface area contributed by atoms with E-state index < -0.39 is 0 Å². The average Bonchev–Trinajstić information content (AvgIpc) is 2.85. The SMILES string of the molecule is CC(C)c1noc(COc2cc(Br)ccc2[C@@H](C)N)n1. The highest BCUT2D eigenvalue weighted by molar-refractivity contribution is 9.10. The molecule has 108 valence electrons. The lowest BCUT2D eigenvalue weighted by Crippen LogP contribution is -2.08. The molecule has 0 aliphatic rings. The minimum atomic E-state index is -0.105. The van der Waals surface area contributed by atoms with Gasteiger partial charge in [0.2, 0.25) is 0 Å². The van der Waals surface area contributed by atoms with Gasteiger partial charge in [-0.1, -0.05) is 41.0 Å². The summed E-state index contributed by atoms with van der Waals surface area (Å²) in [5.74, 6) is 2.10. The summed E-state index contributed by atoms with van der Waals surface area (Å²) in [7, 11) is 0. The van der Waals surface area contributed by atoms with E-state index in [1.165, 1.54) is 0 Å². The molecule has 1 aromatic carbocycles. The summed E-state index contributed by atoms with van der Waals surface area (Å²) in [6.07, 6.45) is 0. The van der Waals surface area contributed by atoms with Crippen LogP contribution in [-0.4, -0.2) is 10.1 Å². The molecule has 0 radical (unpaired) electrons. The molecule has 0 fully saturated rings. The van der Waals surface area contributed by atoms with Crippen LogP contribution in [0.3, 0.4) is 0 Å². The van der Waals surface area contributed by atoms with Crippen molar-refractivity contribution in [3.05, 3.63) is 40.0 Å². The summed E-state index contributed by atoms with van der Waals surface area (Å²) in [6.45, 7) is 6.17. The maximum Gasteiger partial charge on any atom is 0.264 e. The van der Waals surface area contributed by atoms with E-state index in [-0.39, 0.29) is 18.6 Å². The first-order valence-electron chi connectivity index (χ1n) is 6.47. The Morgan fingerprint density at radius 2 is 2.10 bits per heavy atom. The van der Waals surface area contributed by atoms with Gasteiger partial charge in [-0.25, -0.2) is 0 Å². The summed E-state index contributed by atoms with van der Waals surface area (Å²) in [6, 6.07) is 5.66. The lowest BCUT2D eigenvalue weighted by molar-refractivity contribution is 0.239. The molecule has 0 spiro atoms. The van der Waals surface area contributed by atoms with Gasteiger partial charge in [0.1, 0.15) is 5.75 Å². The van der Waals surface area contributed by atoms with Crippen molar-refractivity contribution < 1.29 is 9.26 Å². The number of rotatable bonds is 5. The molecule has 0 saturated carbocycles. The van der Waals surface area contributed by atoms with E-state index in [0.717, 1.165) is 15.8 Å². The fraction of sp³-hybridized carbons (Fsp3) is 0.429. The van der Waals surface area contributed by atoms with E-state index in [1.807, 2.05) is 39.0 Å². The van der Waals surface area contributed by atoms with Crippen LogP contribution in [0.25, 0.3) is 0 Å². The molecule has 0 amide bonds. The van der Waals surface area contributed by atoms with Gasteiger partial charge in [-0.3, -0.25) is 0 Å². The monoisotopic (exact) mass is 339 g/mol. The summed E-state index contributed by atoms with van der Waals surface area (Å²) in [5, 5.41) is 3.90. The fourth-order valence-electron chi connectivity index (χ4n) is 1.71. The lowest BCUT2D eigenvalue weighted by Gasteiger charge is -2.13. The first-order chi connectivity index (χ1) is 9.47. The molecule has 0 saturated heterocycles. The second-order valence-corrected chi connectivity index (χ2v) is 5.88. The molecular formula is C14H18BrN3O2. The molecule has 2 N–H and O–H groups in total. The Morgan fingerprint density at radius 3 is 2.70 bits per heavy atom.